The van der Waals surface area contributed by atoms with Gasteiger partial charge in [0.15, 0.2) is 0 Å². The molecule has 5 nitrogen and oxygen atoms in total. The maximum atomic E-state index is 12.3. The molecule has 128 valence electrons. The van der Waals surface area contributed by atoms with Gasteiger partial charge in [-0.25, -0.2) is 9.78 Å². The minimum atomic E-state index is -1.28. The van der Waals surface area contributed by atoms with Crippen LogP contribution in [0.5, 0.6) is 0 Å². The molecule has 2 aromatic rings. The van der Waals surface area contributed by atoms with Gasteiger partial charge in [-0.2, -0.15) is 0 Å². The number of carbonyl (C=O) groups is 2. The Bertz CT molecular complexity index is 789. The number of rotatable bonds is 5. The molecule has 24 heavy (non-hydrogen) atoms. The van der Waals surface area contributed by atoms with Gasteiger partial charge in [-0.1, -0.05) is 23.2 Å². The third-order valence-electron chi connectivity index (χ3n) is 3.78. The van der Waals surface area contributed by atoms with E-state index in [1.807, 2.05) is 0 Å². The molecule has 1 aromatic carbocycles. The van der Waals surface area contributed by atoms with Crippen molar-refractivity contribution in [3.05, 3.63) is 39.3 Å². The van der Waals surface area contributed by atoms with Crippen LogP contribution < -0.4 is 0 Å². The van der Waals surface area contributed by atoms with Crippen molar-refractivity contribution in [2.24, 2.45) is 0 Å². The van der Waals surface area contributed by atoms with E-state index >= 15 is 0 Å². The molecule has 0 bridgehead atoms. The summed E-state index contributed by atoms with van der Waals surface area (Å²) in [7, 11) is 1.47. The average molecular weight is 387 g/mol. The SMILES string of the molecule is CN(C(=O)Cc1csc(-c2ccc(Cl)cc2Cl)n1)C(C)(C)C(=O)O. The fraction of sp³-hybridized carbons (Fsp3) is 0.312. The predicted molar refractivity (Wildman–Crippen MR) is 95.8 cm³/mol. The predicted octanol–water partition coefficient (Wildman–Crippen LogP) is 3.98. The zero-order valence-corrected chi connectivity index (χ0v) is 15.7. The Morgan fingerprint density at radius 1 is 1.33 bits per heavy atom. The first-order valence-electron chi connectivity index (χ1n) is 7.03. The highest BCUT2D eigenvalue weighted by atomic mass is 35.5. The number of aromatic nitrogens is 1. The number of hydrogen-bond donors (Lipinski definition) is 1. The Hall–Kier alpha value is -1.63. The van der Waals surface area contributed by atoms with E-state index in [0.29, 0.717) is 20.7 Å². The Balaban J connectivity index is 2.17. The zero-order valence-electron chi connectivity index (χ0n) is 13.3. The summed E-state index contributed by atoms with van der Waals surface area (Å²) in [5, 5.41) is 12.7. The molecule has 0 atom stereocenters. The van der Waals surface area contributed by atoms with E-state index in [1.165, 1.54) is 37.1 Å². The van der Waals surface area contributed by atoms with Gasteiger partial charge in [0.1, 0.15) is 10.5 Å². The lowest BCUT2D eigenvalue weighted by Crippen LogP contribution is -2.51. The van der Waals surface area contributed by atoms with E-state index in [0.717, 1.165) is 5.56 Å². The van der Waals surface area contributed by atoms with Crippen LogP contribution in [0.25, 0.3) is 10.6 Å². The minimum absolute atomic E-state index is 0.0227. The van der Waals surface area contributed by atoms with Crippen LogP contribution in [0.2, 0.25) is 10.0 Å². The van der Waals surface area contributed by atoms with Crippen molar-refractivity contribution in [3.63, 3.8) is 0 Å². The largest absolute Gasteiger partial charge is 0.480 e. The molecule has 0 unspecified atom stereocenters. The monoisotopic (exact) mass is 386 g/mol. The first-order valence-corrected chi connectivity index (χ1v) is 8.66. The number of nitrogens with zero attached hydrogens (tertiary/aromatic N) is 2. The summed E-state index contributed by atoms with van der Waals surface area (Å²) >= 11 is 13.4. The molecule has 1 heterocycles. The Morgan fingerprint density at radius 3 is 2.58 bits per heavy atom. The van der Waals surface area contributed by atoms with Gasteiger partial charge in [-0.05, 0) is 32.0 Å². The summed E-state index contributed by atoms with van der Waals surface area (Å²) < 4.78 is 0. The second kappa shape index (κ2) is 7.09. The number of thiazole rings is 1. The van der Waals surface area contributed by atoms with Crippen LogP contribution in [-0.4, -0.2) is 39.5 Å². The molecule has 0 aliphatic heterocycles. The number of carboxylic acid groups (broad SMARTS) is 1. The van der Waals surface area contributed by atoms with E-state index in [1.54, 1.807) is 23.6 Å². The average Bonchev–Trinajstić information content (AvgIpc) is 2.94. The molecule has 0 aliphatic carbocycles. The molecule has 0 saturated heterocycles. The molecular weight excluding hydrogens is 371 g/mol. The number of aliphatic carboxylic acids is 1. The molecular formula is C16H16Cl2N2O3S. The number of benzene rings is 1. The van der Waals surface area contributed by atoms with Crippen LogP contribution in [0.3, 0.4) is 0 Å². The molecule has 1 amide bonds. The van der Waals surface area contributed by atoms with Gasteiger partial charge >= 0.3 is 5.97 Å². The molecule has 0 spiro atoms. The second-order valence-electron chi connectivity index (χ2n) is 5.76. The Labute approximate surface area is 153 Å². The molecule has 0 radical (unpaired) electrons. The quantitative estimate of drug-likeness (QED) is 0.843. The van der Waals surface area contributed by atoms with Crippen LogP contribution in [0.15, 0.2) is 23.6 Å². The van der Waals surface area contributed by atoms with Crippen molar-refractivity contribution in [1.29, 1.82) is 0 Å². The van der Waals surface area contributed by atoms with Crippen LogP contribution in [0.4, 0.5) is 0 Å². The summed E-state index contributed by atoms with van der Waals surface area (Å²) in [6.07, 6.45) is 0.0227. The van der Waals surface area contributed by atoms with Gasteiger partial charge in [-0.3, -0.25) is 4.79 Å². The van der Waals surface area contributed by atoms with E-state index in [-0.39, 0.29) is 12.3 Å². The topological polar surface area (TPSA) is 70.5 Å². The zero-order chi connectivity index (χ0) is 18.1. The standard InChI is InChI=1S/C16H16Cl2N2O3S/c1-16(2,15(22)23)20(3)13(21)7-10-8-24-14(19-10)11-5-4-9(17)6-12(11)18/h4-6,8H,7H2,1-3H3,(H,22,23). The molecule has 0 fully saturated rings. The highest BCUT2D eigenvalue weighted by molar-refractivity contribution is 7.13. The molecule has 1 N–H and O–H groups in total. The first kappa shape index (κ1) is 18.7. The number of hydrogen-bond acceptors (Lipinski definition) is 4. The number of halogens is 2. The van der Waals surface area contributed by atoms with Crippen molar-refractivity contribution in [3.8, 4) is 10.6 Å². The number of amides is 1. The molecule has 0 aliphatic rings. The number of carbonyl (C=O) groups excluding carboxylic acids is 1. The van der Waals surface area contributed by atoms with Gasteiger partial charge in [0.2, 0.25) is 5.91 Å². The van der Waals surface area contributed by atoms with Crippen LogP contribution >= 0.6 is 34.5 Å². The summed E-state index contributed by atoms with van der Waals surface area (Å²) in [5.41, 5.74) is 0.0261. The maximum Gasteiger partial charge on any atom is 0.329 e. The van der Waals surface area contributed by atoms with Crippen LogP contribution in [-0.2, 0) is 16.0 Å². The van der Waals surface area contributed by atoms with E-state index in [2.05, 4.69) is 4.98 Å². The molecule has 8 heteroatoms. The lowest BCUT2D eigenvalue weighted by atomic mass is 10.0. The molecule has 0 saturated carbocycles. The van der Waals surface area contributed by atoms with Crippen molar-refractivity contribution < 1.29 is 14.7 Å². The molecule has 1 aromatic heterocycles. The normalized spacial score (nSPS) is 11.4. The third-order valence-corrected chi connectivity index (χ3v) is 5.25. The highest BCUT2D eigenvalue weighted by Crippen LogP contribution is 2.32. The van der Waals surface area contributed by atoms with Crippen molar-refractivity contribution >= 4 is 46.4 Å². The molecule has 2 rings (SSSR count). The summed E-state index contributed by atoms with van der Waals surface area (Å²) in [5.74, 6) is -1.38. The second-order valence-corrected chi connectivity index (χ2v) is 7.46. The highest BCUT2D eigenvalue weighted by Gasteiger charge is 2.35. The smallest absolute Gasteiger partial charge is 0.329 e. The van der Waals surface area contributed by atoms with Gasteiger partial charge in [0.05, 0.1) is 17.1 Å². The number of likely N-dealkylation sites (N-methyl/N-ethyl adjacent to an activating group) is 1. The summed E-state index contributed by atoms with van der Waals surface area (Å²) in [6, 6.07) is 5.13. The van der Waals surface area contributed by atoms with Gasteiger partial charge in [-0.15, -0.1) is 11.3 Å². The van der Waals surface area contributed by atoms with E-state index in [9.17, 15) is 14.7 Å². The van der Waals surface area contributed by atoms with Crippen molar-refractivity contribution in [2.75, 3.05) is 7.05 Å². The van der Waals surface area contributed by atoms with Crippen LogP contribution in [0, 0.1) is 0 Å². The van der Waals surface area contributed by atoms with Crippen molar-refractivity contribution in [2.45, 2.75) is 25.8 Å². The van der Waals surface area contributed by atoms with Crippen LogP contribution in [0.1, 0.15) is 19.5 Å². The summed E-state index contributed by atoms with van der Waals surface area (Å²) in [6.45, 7) is 2.96. The van der Waals surface area contributed by atoms with Crippen molar-refractivity contribution in [1.82, 2.24) is 9.88 Å². The first-order chi connectivity index (χ1) is 11.1. The van der Waals surface area contributed by atoms with E-state index in [4.69, 9.17) is 23.2 Å². The maximum absolute atomic E-state index is 12.3. The fourth-order valence-corrected chi connectivity index (χ4v) is 3.32. The van der Waals surface area contributed by atoms with Gasteiger partial charge in [0.25, 0.3) is 0 Å². The van der Waals surface area contributed by atoms with E-state index < -0.39 is 11.5 Å². The number of carboxylic acids is 1. The fourth-order valence-electron chi connectivity index (χ4n) is 1.90. The lowest BCUT2D eigenvalue weighted by molar-refractivity contribution is -0.155. The summed E-state index contributed by atoms with van der Waals surface area (Å²) in [4.78, 5) is 29.2. The third kappa shape index (κ3) is 3.88. The lowest BCUT2D eigenvalue weighted by Gasteiger charge is -2.31. The van der Waals surface area contributed by atoms with Gasteiger partial charge in [0, 0.05) is 23.0 Å². The Morgan fingerprint density at radius 2 is 2.00 bits per heavy atom. The van der Waals surface area contributed by atoms with Gasteiger partial charge < -0.3 is 10.0 Å². The Kier molecular flexibility index (Phi) is 5.52. The minimum Gasteiger partial charge on any atom is -0.480 e.